The summed E-state index contributed by atoms with van der Waals surface area (Å²) in [7, 11) is 0. The van der Waals surface area contributed by atoms with Crippen molar-refractivity contribution in [3.05, 3.63) is 94.8 Å². The topological polar surface area (TPSA) is 70.4 Å². The van der Waals surface area contributed by atoms with Crippen LogP contribution in [-0.2, 0) is 13.1 Å². The molecule has 158 valence electrons. The van der Waals surface area contributed by atoms with Crippen LogP contribution in [0.4, 0.5) is 4.79 Å². The van der Waals surface area contributed by atoms with Crippen LogP contribution in [0.1, 0.15) is 11.1 Å². The first kappa shape index (κ1) is 20.8. The van der Waals surface area contributed by atoms with Gasteiger partial charge in [-0.3, -0.25) is 0 Å². The van der Waals surface area contributed by atoms with Crippen LogP contribution < -0.4 is 5.32 Å². The average Bonchev–Trinajstić information content (AvgIpc) is 3.48. The second kappa shape index (κ2) is 10.1. The summed E-state index contributed by atoms with van der Waals surface area (Å²) in [4.78, 5) is 14.5. The zero-order chi connectivity index (χ0) is 21.5. The molecule has 2 aromatic carbocycles. The Hall–Kier alpha value is -3.42. The van der Waals surface area contributed by atoms with Crippen molar-refractivity contribution in [1.29, 1.82) is 0 Å². The highest BCUT2D eigenvalue weighted by Crippen LogP contribution is 2.23. The molecule has 2 heterocycles. The summed E-state index contributed by atoms with van der Waals surface area (Å²) in [6.45, 7) is 0.988. The van der Waals surface area contributed by atoms with Gasteiger partial charge in [-0.25, -0.2) is 9.48 Å². The van der Waals surface area contributed by atoms with Crippen LogP contribution >= 0.6 is 11.3 Å². The van der Waals surface area contributed by atoms with Crippen molar-refractivity contribution >= 4 is 17.4 Å². The molecule has 0 fully saturated rings. The molecule has 0 unspecified atom stereocenters. The highest BCUT2D eigenvalue weighted by Gasteiger charge is 2.17. The van der Waals surface area contributed by atoms with Crippen molar-refractivity contribution in [3.8, 4) is 16.9 Å². The maximum absolute atomic E-state index is 12.8. The third-order valence-electron chi connectivity index (χ3n) is 4.90. The van der Waals surface area contributed by atoms with Crippen molar-refractivity contribution in [2.45, 2.75) is 13.1 Å². The number of carbonyl (C=O) groups is 1. The normalized spacial score (nSPS) is 10.7. The van der Waals surface area contributed by atoms with Gasteiger partial charge in [0.2, 0.25) is 0 Å². The lowest BCUT2D eigenvalue weighted by Gasteiger charge is -2.21. The lowest BCUT2D eigenvalue weighted by Crippen LogP contribution is -2.40. The van der Waals surface area contributed by atoms with Gasteiger partial charge in [0, 0.05) is 37.0 Å². The van der Waals surface area contributed by atoms with E-state index >= 15 is 0 Å². The van der Waals surface area contributed by atoms with Gasteiger partial charge < -0.3 is 15.3 Å². The quantitative estimate of drug-likeness (QED) is 0.436. The maximum atomic E-state index is 12.8. The summed E-state index contributed by atoms with van der Waals surface area (Å²) in [6, 6.07) is 21.6. The minimum absolute atomic E-state index is 0.0846. The van der Waals surface area contributed by atoms with E-state index in [1.54, 1.807) is 16.2 Å². The zero-order valence-electron chi connectivity index (χ0n) is 17.0. The van der Waals surface area contributed by atoms with Crippen LogP contribution in [0, 0.1) is 0 Å². The Morgan fingerprint density at radius 2 is 1.81 bits per heavy atom. The molecule has 0 bridgehead atoms. The summed E-state index contributed by atoms with van der Waals surface area (Å²) >= 11 is 1.59. The van der Waals surface area contributed by atoms with E-state index in [2.05, 4.69) is 5.32 Å². The van der Waals surface area contributed by atoms with Crippen molar-refractivity contribution in [3.63, 3.8) is 0 Å². The number of nitrogens with one attached hydrogen (secondary N) is 1. The summed E-state index contributed by atoms with van der Waals surface area (Å²) in [6.07, 6.45) is 1.95. The van der Waals surface area contributed by atoms with E-state index in [0.717, 1.165) is 28.1 Å². The van der Waals surface area contributed by atoms with Crippen LogP contribution in [0.3, 0.4) is 0 Å². The first-order chi connectivity index (χ1) is 15.2. The third kappa shape index (κ3) is 5.20. The van der Waals surface area contributed by atoms with Gasteiger partial charge in [0.25, 0.3) is 0 Å². The molecule has 2 amide bonds. The number of amides is 2. The molecule has 0 saturated carbocycles. The lowest BCUT2D eigenvalue weighted by atomic mass is 10.1. The molecular formula is C24H24N4O2S. The van der Waals surface area contributed by atoms with Crippen LogP contribution in [-0.4, -0.2) is 39.0 Å². The molecular weight excluding hydrogens is 408 g/mol. The van der Waals surface area contributed by atoms with Gasteiger partial charge in [0.1, 0.15) is 0 Å². The lowest BCUT2D eigenvalue weighted by molar-refractivity contribution is 0.174. The third-order valence-corrected chi connectivity index (χ3v) is 5.63. The minimum Gasteiger partial charge on any atom is -0.395 e. The van der Waals surface area contributed by atoms with E-state index in [4.69, 9.17) is 5.10 Å². The fourth-order valence-electron chi connectivity index (χ4n) is 3.35. The number of hydrogen-bond acceptors (Lipinski definition) is 4. The Labute approximate surface area is 185 Å². The van der Waals surface area contributed by atoms with Gasteiger partial charge >= 0.3 is 6.03 Å². The average molecular weight is 433 g/mol. The minimum atomic E-state index is -0.216. The number of aliphatic hydroxyl groups excluding tert-OH is 1. The molecule has 0 saturated heterocycles. The van der Waals surface area contributed by atoms with E-state index < -0.39 is 0 Å². The molecule has 0 atom stereocenters. The predicted molar refractivity (Wildman–Crippen MR) is 123 cm³/mol. The molecule has 4 rings (SSSR count). The molecule has 0 spiro atoms. The molecule has 4 aromatic rings. The Kier molecular flexibility index (Phi) is 6.76. The standard InChI is InChI=1S/C24H24N4O2S/c29-13-12-27(16-19-11-14-31-18-19)24(30)25-15-21-17-28(22-9-5-2-6-10-22)26-23(21)20-7-3-1-4-8-20/h1-11,14,17-18,29H,12-13,15-16H2,(H,25,30). The molecule has 2 aromatic heterocycles. The number of benzene rings is 2. The number of aliphatic hydroxyl groups is 1. The molecule has 0 aliphatic heterocycles. The van der Waals surface area contributed by atoms with Crippen molar-refractivity contribution in [2.24, 2.45) is 0 Å². The molecule has 0 aliphatic rings. The highest BCUT2D eigenvalue weighted by atomic mass is 32.1. The monoisotopic (exact) mass is 432 g/mol. The number of thiophene rings is 1. The highest BCUT2D eigenvalue weighted by molar-refractivity contribution is 7.07. The van der Waals surface area contributed by atoms with Gasteiger partial charge in [-0.1, -0.05) is 48.5 Å². The molecule has 0 radical (unpaired) electrons. The van der Waals surface area contributed by atoms with Crippen LogP contribution in [0.2, 0.25) is 0 Å². The fraction of sp³-hybridized carbons (Fsp3) is 0.167. The van der Waals surface area contributed by atoms with E-state index in [0.29, 0.717) is 13.1 Å². The molecule has 0 aliphatic carbocycles. The number of aromatic nitrogens is 2. The zero-order valence-corrected chi connectivity index (χ0v) is 17.8. The first-order valence-electron chi connectivity index (χ1n) is 10.1. The Morgan fingerprint density at radius 1 is 1.06 bits per heavy atom. The number of carbonyl (C=O) groups excluding carboxylic acids is 1. The number of urea groups is 1. The van der Waals surface area contributed by atoms with Crippen LogP contribution in [0.5, 0.6) is 0 Å². The summed E-state index contributed by atoms with van der Waals surface area (Å²) in [5, 5.41) is 21.2. The first-order valence-corrected chi connectivity index (χ1v) is 11.0. The number of para-hydroxylation sites is 1. The van der Waals surface area contributed by atoms with E-state index in [1.165, 1.54) is 0 Å². The summed E-state index contributed by atoms with van der Waals surface area (Å²) in [5.41, 5.74) is 4.75. The Bertz CT molecular complexity index is 1100. The summed E-state index contributed by atoms with van der Waals surface area (Å²) in [5.74, 6) is 0. The van der Waals surface area contributed by atoms with Crippen molar-refractivity contribution in [1.82, 2.24) is 20.0 Å². The molecule has 31 heavy (non-hydrogen) atoms. The van der Waals surface area contributed by atoms with Crippen molar-refractivity contribution < 1.29 is 9.90 Å². The SMILES string of the molecule is O=C(NCc1cn(-c2ccccc2)nc1-c1ccccc1)N(CCO)Cc1ccsc1. The smallest absolute Gasteiger partial charge is 0.318 e. The van der Waals surface area contributed by atoms with Crippen molar-refractivity contribution in [2.75, 3.05) is 13.2 Å². The molecule has 2 N–H and O–H groups in total. The second-order valence-electron chi connectivity index (χ2n) is 7.08. The van der Waals surface area contributed by atoms with Gasteiger partial charge in [0.15, 0.2) is 0 Å². The largest absolute Gasteiger partial charge is 0.395 e. The van der Waals surface area contributed by atoms with Gasteiger partial charge in [-0.2, -0.15) is 16.4 Å². The Morgan fingerprint density at radius 3 is 2.48 bits per heavy atom. The maximum Gasteiger partial charge on any atom is 0.318 e. The van der Waals surface area contributed by atoms with Gasteiger partial charge in [-0.05, 0) is 34.5 Å². The van der Waals surface area contributed by atoms with Crippen LogP contribution in [0.15, 0.2) is 83.7 Å². The second-order valence-corrected chi connectivity index (χ2v) is 7.86. The van der Waals surface area contributed by atoms with Gasteiger partial charge in [-0.15, -0.1) is 0 Å². The molecule has 7 heteroatoms. The number of hydrogen-bond donors (Lipinski definition) is 2. The van der Waals surface area contributed by atoms with E-state index in [9.17, 15) is 9.90 Å². The predicted octanol–water partition coefficient (Wildman–Crippen LogP) is 4.30. The molecule has 6 nitrogen and oxygen atoms in total. The number of rotatable bonds is 8. The Balaban J connectivity index is 1.55. The van der Waals surface area contributed by atoms with Crippen LogP contribution in [0.25, 0.3) is 16.9 Å². The van der Waals surface area contributed by atoms with E-state index in [1.807, 2.05) is 88.4 Å². The van der Waals surface area contributed by atoms with E-state index in [-0.39, 0.29) is 19.2 Å². The number of nitrogens with zero attached hydrogens (tertiary/aromatic N) is 3. The summed E-state index contributed by atoms with van der Waals surface area (Å²) < 4.78 is 1.83. The van der Waals surface area contributed by atoms with Gasteiger partial charge in [0.05, 0.1) is 18.0 Å². The fourth-order valence-corrected chi connectivity index (χ4v) is 4.01.